The number of primary sulfonamides is 1. The van der Waals surface area contributed by atoms with E-state index in [0.717, 1.165) is 7.05 Å². The number of hydrogen-bond donors (Lipinski definition) is 2. The molecular formula is C19H15ClN3O5S+. The Bertz CT molecular complexity index is 1240. The monoisotopic (exact) mass is 432 g/mol. The van der Waals surface area contributed by atoms with Crippen LogP contribution in [0.1, 0.15) is 0 Å². The van der Waals surface area contributed by atoms with Crippen LogP contribution in [0.5, 0.6) is 0 Å². The predicted octanol–water partition coefficient (Wildman–Crippen LogP) is 2.80. The van der Waals surface area contributed by atoms with E-state index in [0.29, 0.717) is 10.6 Å². The molecule has 1 atom stereocenters. The van der Waals surface area contributed by atoms with E-state index < -0.39 is 26.6 Å². The number of oxazole rings is 1. The predicted molar refractivity (Wildman–Crippen MR) is 107 cm³/mol. The van der Waals surface area contributed by atoms with Crippen molar-refractivity contribution in [1.29, 1.82) is 0 Å². The average molecular weight is 433 g/mol. The smallest absolute Gasteiger partial charge is 0.392 e. The number of rotatable bonds is 4. The Balaban J connectivity index is 2.34. The van der Waals surface area contributed by atoms with Crippen LogP contribution in [-0.2, 0) is 14.8 Å². The van der Waals surface area contributed by atoms with Crippen LogP contribution in [0.2, 0.25) is 5.02 Å². The molecule has 29 heavy (non-hydrogen) atoms. The van der Waals surface area contributed by atoms with Crippen molar-refractivity contribution >= 4 is 33.5 Å². The van der Waals surface area contributed by atoms with Gasteiger partial charge in [0.05, 0.1) is 4.90 Å². The van der Waals surface area contributed by atoms with Gasteiger partial charge in [0.25, 0.3) is 0 Å². The van der Waals surface area contributed by atoms with Crippen molar-refractivity contribution in [1.82, 2.24) is 9.63 Å². The standard InChI is InChI=1S/C19H15ClN3O5S/c1-3-16(24)23(2,25)19-22-17(12-8-10-13(20)11-9-12)18(28-19)14-6-4-5-7-15(14)29(21,26)27/h1,4-11,25H,2H3,(H2,21,26,27)/q+1. The van der Waals surface area contributed by atoms with Crippen molar-refractivity contribution < 1.29 is 22.8 Å². The van der Waals surface area contributed by atoms with Crippen LogP contribution in [0.4, 0.5) is 6.01 Å². The molecule has 3 N–H and O–H groups in total. The van der Waals surface area contributed by atoms with Gasteiger partial charge in [-0.1, -0.05) is 35.9 Å². The van der Waals surface area contributed by atoms with Crippen LogP contribution in [0.25, 0.3) is 22.6 Å². The van der Waals surface area contributed by atoms with Crippen molar-refractivity contribution in [3.63, 3.8) is 0 Å². The highest BCUT2D eigenvalue weighted by molar-refractivity contribution is 7.89. The van der Waals surface area contributed by atoms with E-state index in [9.17, 15) is 18.4 Å². The molecule has 0 radical (unpaired) electrons. The summed E-state index contributed by atoms with van der Waals surface area (Å²) in [6.07, 6.45) is 5.11. The number of hydrogen-bond acceptors (Lipinski definition) is 6. The summed E-state index contributed by atoms with van der Waals surface area (Å²) in [5.74, 6) is 0.759. The first-order chi connectivity index (χ1) is 13.6. The molecule has 0 aliphatic rings. The number of sulfonamides is 1. The van der Waals surface area contributed by atoms with Gasteiger partial charge in [0.1, 0.15) is 12.7 Å². The first-order valence-electron chi connectivity index (χ1n) is 8.05. The van der Waals surface area contributed by atoms with Crippen molar-refractivity contribution in [2.24, 2.45) is 5.14 Å². The van der Waals surface area contributed by atoms with E-state index >= 15 is 0 Å². The molecule has 1 aromatic heterocycles. The van der Waals surface area contributed by atoms with Gasteiger partial charge in [-0.2, -0.15) is 10.2 Å². The van der Waals surface area contributed by atoms with Crippen LogP contribution < -0.4 is 9.79 Å². The number of carbonyl (C=O) groups is 1. The number of terminal acetylenes is 1. The number of quaternary nitrogens is 1. The van der Waals surface area contributed by atoms with Crippen LogP contribution in [0, 0.1) is 12.3 Å². The van der Waals surface area contributed by atoms with Gasteiger partial charge >= 0.3 is 11.9 Å². The molecule has 10 heteroatoms. The molecule has 0 aliphatic heterocycles. The molecule has 148 valence electrons. The maximum absolute atomic E-state index is 12.0. The van der Waals surface area contributed by atoms with Gasteiger partial charge in [-0.15, -0.1) is 6.42 Å². The second kappa shape index (κ2) is 7.44. The van der Waals surface area contributed by atoms with Crippen LogP contribution in [0.3, 0.4) is 0 Å². The number of hydroxylamine groups is 2. The second-order valence-electron chi connectivity index (χ2n) is 6.13. The van der Waals surface area contributed by atoms with Gasteiger partial charge < -0.3 is 4.42 Å². The zero-order valence-corrected chi connectivity index (χ0v) is 16.6. The van der Waals surface area contributed by atoms with Gasteiger partial charge in [0, 0.05) is 22.1 Å². The molecule has 8 nitrogen and oxygen atoms in total. The fraction of sp³-hybridized carbons (Fsp3) is 0.0526. The number of nitrogens with zero attached hydrogens (tertiary/aromatic N) is 2. The van der Waals surface area contributed by atoms with Crippen molar-refractivity contribution in [3.05, 3.63) is 53.6 Å². The molecule has 0 saturated carbocycles. The summed E-state index contributed by atoms with van der Waals surface area (Å²) in [5, 5.41) is 16.3. The average Bonchev–Trinajstić information content (AvgIpc) is 3.13. The minimum Gasteiger partial charge on any atom is -0.392 e. The fourth-order valence-electron chi connectivity index (χ4n) is 2.60. The Hall–Kier alpha value is -3.00. The Kier molecular flexibility index (Phi) is 5.32. The Morgan fingerprint density at radius 1 is 1.24 bits per heavy atom. The lowest BCUT2D eigenvalue weighted by Gasteiger charge is -2.13. The zero-order valence-electron chi connectivity index (χ0n) is 15.0. The van der Waals surface area contributed by atoms with Crippen molar-refractivity contribution in [2.75, 3.05) is 7.05 Å². The first kappa shape index (κ1) is 20.7. The maximum Gasteiger partial charge on any atom is 0.447 e. The third kappa shape index (κ3) is 3.93. The number of aromatic nitrogens is 1. The molecule has 3 aromatic rings. The molecule has 3 rings (SSSR count). The maximum atomic E-state index is 12.0. The van der Waals surface area contributed by atoms with Crippen LogP contribution >= 0.6 is 11.6 Å². The lowest BCUT2D eigenvalue weighted by molar-refractivity contribution is -0.152. The van der Waals surface area contributed by atoms with E-state index in [1.54, 1.807) is 36.3 Å². The summed E-state index contributed by atoms with van der Waals surface area (Å²) < 4.78 is 28.3. The quantitative estimate of drug-likeness (QED) is 0.283. The second-order valence-corrected chi connectivity index (χ2v) is 8.10. The summed E-state index contributed by atoms with van der Waals surface area (Å²) in [6, 6.07) is 11.8. The normalized spacial score (nSPS) is 13.5. The third-order valence-corrected chi connectivity index (χ3v) is 5.28. The lowest BCUT2D eigenvalue weighted by atomic mass is 10.1. The van der Waals surface area contributed by atoms with E-state index in [4.69, 9.17) is 27.6 Å². The lowest BCUT2D eigenvalue weighted by Crippen LogP contribution is -2.46. The molecule has 0 fully saturated rings. The zero-order chi connectivity index (χ0) is 21.4. The summed E-state index contributed by atoms with van der Waals surface area (Å²) >= 11 is 5.93. The molecule has 0 bridgehead atoms. The summed E-state index contributed by atoms with van der Waals surface area (Å²) in [4.78, 5) is 15.9. The Labute approximate surface area is 171 Å². The molecule has 0 saturated heterocycles. The number of carbonyl (C=O) groups excluding carboxylic acids is 1. The Morgan fingerprint density at radius 3 is 2.45 bits per heavy atom. The number of halogens is 1. The SMILES string of the molecule is C#CC(=O)[N+](C)(O)c1nc(-c2ccc(Cl)cc2)c(-c2ccccc2S(N)(=O)=O)o1. The highest BCUT2D eigenvalue weighted by Gasteiger charge is 2.40. The largest absolute Gasteiger partial charge is 0.447 e. The molecular weight excluding hydrogens is 418 g/mol. The summed E-state index contributed by atoms with van der Waals surface area (Å²) in [6.45, 7) is 0. The van der Waals surface area contributed by atoms with Gasteiger partial charge in [-0.3, -0.25) is 0 Å². The molecule has 1 heterocycles. The first-order valence-corrected chi connectivity index (χ1v) is 9.98. The van der Waals surface area contributed by atoms with E-state index in [1.165, 1.54) is 18.2 Å². The van der Waals surface area contributed by atoms with Crippen LogP contribution in [0.15, 0.2) is 57.8 Å². The van der Waals surface area contributed by atoms with Gasteiger partial charge in [0.2, 0.25) is 10.0 Å². The number of nitrogens with two attached hydrogens (primary N) is 1. The fourth-order valence-corrected chi connectivity index (χ4v) is 3.46. The minimum absolute atomic E-state index is 0.0184. The summed E-state index contributed by atoms with van der Waals surface area (Å²) in [5.41, 5.74) is 0.764. The van der Waals surface area contributed by atoms with Gasteiger partial charge in [-0.05, 0) is 28.9 Å². The van der Waals surface area contributed by atoms with Crippen molar-refractivity contribution in [2.45, 2.75) is 4.90 Å². The molecule has 2 aromatic carbocycles. The third-order valence-electron chi connectivity index (χ3n) is 4.06. The summed E-state index contributed by atoms with van der Waals surface area (Å²) in [7, 11) is -3.03. The molecule has 1 unspecified atom stereocenters. The van der Waals surface area contributed by atoms with Gasteiger partial charge in [0.15, 0.2) is 5.76 Å². The van der Waals surface area contributed by atoms with Crippen LogP contribution in [-0.4, -0.2) is 31.6 Å². The number of benzene rings is 2. The van der Waals surface area contributed by atoms with E-state index in [-0.39, 0.29) is 21.9 Å². The van der Waals surface area contributed by atoms with Crippen molar-refractivity contribution in [3.8, 4) is 34.9 Å². The molecule has 0 spiro atoms. The molecule has 0 aliphatic carbocycles. The topological polar surface area (TPSA) is 123 Å². The minimum atomic E-state index is -4.11. The number of amides is 1. The van der Waals surface area contributed by atoms with E-state index in [1.807, 2.05) is 0 Å². The van der Waals surface area contributed by atoms with Gasteiger partial charge in [-0.25, -0.2) is 18.4 Å². The highest BCUT2D eigenvalue weighted by Crippen LogP contribution is 2.39. The highest BCUT2D eigenvalue weighted by atomic mass is 35.5. The Morgan fingerprint density at radius 2 is 1.86 bits per heavy atom. The van der Waals surface area contributed by atoms with E-state index in [2.05, 4.69) is 4.98 Å². The molecule has 1 amide bonds.